The van der Waals surface area contributed by atoms with E-state index in [4.69, 9.17) is 8.92 Å². The molecule has 23 heavy (non-hydrogen) atoms. The fourth-order valence-corrected chi connectivity index (χ4v) is 2.55. The van der Waals surface area contributed by atoms with Crippen LogP contribution in [0.5, 0.6) is 0 Å². The van der Waals surface area contributed by atoms with Crippen LogP contribution in [0.3, 0.4) is 0 Å². The van der Waals surface area contributed by atoms with Crippen molar-refractivity contribution in [3.05, 3.63) is 42.5 Å². The maximum Gasteiger partial charge on any atom is 0.297 e. The molecule has 0 amide bonds. The van der Waals surface area contributed by atoms with Gasteiger partial charge in [-0.15, -0.1) is 6.58 Å². The second kappa shape index (κ2) is 7.16. The number of hydrogen-bond acceptors (Lipinski definition) is 4. The van der Waals surface area contributed by atoms with Crippen LogP contribution in [-0.2, 0) is 19.0 Å². The molecule has 0 spiro atoms. The highest BCUT2D eigenvalue weighted by Crippen LogP contribution is 2.34. The van der Waals surface area contributed by atoms with E-state index in [0.717, 1.165) is 5.56 Å². The summed E-state index contributed by atoms with van der Waals surface area (Å²) in [7, 11) is -3.80. The zero-order valence-corrected chi connectivity index (χ0v) is 15.7. The Morgan fingerprint density at radius 2 is 1.65 bits per heavy atom. The lowest BCUT2D eigenvalue weighted by Crippen LogP contribution is -2.43. The first-order valence-electron chi connectivity index (χ1n) is 7.65. The van der Waals surface area contributed by atoms with Crippen molar-refractivity contribution in [3.8, 4) is 0 Å². The van der Waals surface area contributed by atoms with Gasteiger partial charge in [-0.1, -0.05) is 44.5 Å². The van der Waals surface area contributed by atoms with Gasteiger partial charge in [-0.2, -0.15) is 8.42 Å². The van der Waals surface area contributed by atoms with Crippen molar-refractivity contribution >= 4 is 10.1 Å². The first-order chi connectivity index (χ1) is 10.4. The lowest BCUT2D eigenvalue weighted by atomic mass is 9.79. The number of hydrogen-bond donors (Lipinski definition) is 0. The van der Waals surface area contributed by atoms with E-state index in [1.165, 1.54) is 12.1 Å². The average Bonchev–Trinajstić information content (AvgIpc) is 2.42. The van der Waals surface area contributed by atoms with Gasteiger partial charge in [0, 0.05) is 0 Å². The van der Waals surface area contributed by atoms with Crippen molar-refractivity contribution in [2.45, 2.75) is 58.1 Å². The van der Waals surface area contributed by atoms with E-state index in [9.17, 15) is 8.42 Å². The molecule has 130 valence electrons. The van der Waals surface area contributed by atoms with Crippen molar-refractivity contribution in [1.82, 2.24) is 0 Å². The molecule has 1 aromatic rings. The summed E-state index contributed by atoms with van der Waals surface area (Å²) < 4.78 is 35.6. The number of ether oxygens (including phenoxy) is 1. The molecular formula is C18H28O4S. The molecule has 1 rings (SSSR count). The van der Waals surface area contributed by atoms with Crippen LogP contribution in [0.1, 0.15) is 40.2 Å². The molecule has 1 aromatic carbocycles. The molecule has 0 saturated carbocycles. The van der Waals surface area contributed by atoms with Gasteiger partial charge in [-0.25, -0.2) is 0 Å². The predicted octanol–water partition coefficient (Wildman–Crippen LogP) is 4.10. The molecule has 0 radical (unpaired) electrons. The SMILES string of the molecule is C=C[C@H](COS(=O)(=O)c1ccc(C)cc1)OC(C)(C)C(C)(C)C. The summed E-state index contributed by atoms with van der Waals surface area (Å²) in [5.41, 5.74) is 0.426. The highest BCUT2D eigenvalue weighted by Gasteiger charge is 2.35. The third kappa shape index (κ3) is 5.44. The van der Waals surface area contributed by atoms with Gasteiger partial charge < -0.3 is 4.74 Å². The maximum absolute atomic E-state index is 12.2. The van der Waals surface area contributed by atoms with E-state index in [2.05, 4.69) is 27.4 Å². The van der Waals surface area contributed by atoms with E-state index in [0.29, 0.717) is 0 Å². The molecule has 5 heteroatoms. The summed E-state index contributed by atoms with van der Waals surface area (Å²) in [4.78, 5) is 0.140. The van der Waals surface area contributed by atoms with Crippen molar-refractivity contribution in [3.63, 3.8) is 0 Å². The normalized spacial score (nSPS) is 14.5. The molecule has 0 saturated heterocycles. The quantitative estimate of drug-likeness (QED) is 0.554. The van der Waals surface area contributed by atoms with Gasteiger partial charge in [0.05, 0.1) is 17.1 Å². The molecule has 0 heterocycles. The van der Waals surface area contributed by atoms with Crippen molar-refractivity contribution < 1.29 is 17.3 Å². The zero-order chi connectivity index (χ0) is 17.9. The van der Waals surface area contributed by atoms with E-state index in [1.807, 2.05) is 20.8 Å². The number of aryl methyl sites for hydroxylation is 1. The molecule has 0 aromatic heterocycles. The maximum atomic E-state index is 12.2. The van der Waals surface area contributed by atoms with Gasteiger partial charge in [0.25, 0.3) is 10.1 Å². The third-order valence-corrected chi connectivity index (χ3v) is 5.51. The van der Waals surface area contributed by atoms with Crippen molar-refractivity contribution in [1.29, 1.82) is 0 Å². The van der Waals surface area contributed by atoms with Gasteiger partial charge in [0.1, 0.15) is 6.10 Å². The molecular weight excluding hydrogens is 312 g/mol. The van der Waals surface area contributed by atoms with Gasteiger partial charge in [-0.3, -0.25) is 4.18 Å². The Bertz CT molecular complexity index is 622. The third-order valence-electron chi connectivity index (χ3n) is 4.21. The average molecular weight is 340 g/mol. The number of rotatable bonds is 7. The standard InChI is InChI=1S/C18H28O4S/c1-8-15(22-18(6,7)17(3,4)5)13-21-23(19,20)16-11-9-14(2)10-12-16/h8-12,15H,1,13H2,2-7H3/t15-/m1/s1. The minimum absolute atomic E-state index is 0.0980. The molecule has 0 fully saturated rings. The summed E-state index contributed by atoms with van der Waals surface area (Å²) in [5, 5.41) is 0. The fraction of sp³-hybridized carbons (Fsp3) is 0.556. The molecule has 0 aliphatic carbocycles. The summed E-state index contributed by atoms with van der Waals surface area (Å²) in [5.74, 6) is 0. The van der Waals surface area contributed by atoms with Crippen molar-refractivity contribution in [2.24, 2.45) is 5.41 Å². The monoisotopic (exact) mass is 340 g/mol. The van der Waals surface area contributed by atoms with Crippen LogP contribution >= 0.6 is 0 Å². The van der Waals surface area contributed by atoms with Gasteiger partial charge in [-0.05, 0) is 38.3 Å². The summed E-state index contributed by atoms with van der Waals surface area (Å²) >= 11 is 0. The highest BCUT2D eigenvalue weighted by atomic mass is 32.2. The van der Waals surface area contributed by atoms with Gasteiger partial charge in [0.15, 0.2) is 0 Å². The zero-order valence-electron chi connectivity index (χ0n) is 14.9. The first-order valence-corrected chi connectivity index (χ1v) is 9.06. The minimum Gasteiger partial charge on any atom is -0.365 e. The Hall–Kier alpha value is -1.17. The van der Waals surface area contributed by atoms with Crippen LogP contribution < -0.4 is 0 Å². The molecule has 0 aliphatic heterocycles. The highest BCUT2D eigenvalue weighted by molar-refractivity contribution is 7.86. The molecule has 0 N–H and O–H groups in total. The van der Waals surface area contributed by atoms with Gasteiger partial charge in [0.2, 0.25) is 0 Å². The Morgan fingerprint density at radius 3 is 2.09 bits per heavy atom. The van der Waals surface area contributed by atoms with Crippen LogP contribution in [0.15, 0.2) is 41.8 Å². The van der Waals surface area contributed by atoms with E-state index in [1.54, 1.807) is 18.2 Å². The number of benzene rings is 1. The Balaban J connectivity index is 2.78. The largest absolute Gasteiger partial charge is 0.365 e. The Morgan fingerprint density at radius 1 is 1.13 bits per heavy atom. The molecule has 0 bridgehead atoms. The Labute approximate surface area is 140 Å². The summed E-state index contributed by atoms with van der Waals surface area (Å²) in [6.07, 6.45) is 1.06. The predicted molar refractivity (Wildman–Crippen MR) is 92.9 cm³/mol. The summed E-state index contributed by atoms with van der Waals surface area (Å²) in [6.45, 7) is 15.7. The topological polar surface area (TPSA) is 52.6 Å². The van der Waals surface area contributed by atoms with Gasteiger partial charge >= 0.3 is 0 Å². The second-order valence-electron chi connectivity index (χ2n) is 7.20. The van der Waals surface area contributed by atoms with E-state index >= 15 is 0 Å². The van der Waals surface area contributed by atoms with Crippen molar-refractivity contribution in [2.75, 3.05) is 6.61 Å². The molecule has 0 aliphatic rings. The second-order valence-corrected chi connectivity index (χ2v) is 8.82. The fourth-order valence-electron chi connectivity index (χ4n) is 1.64. The molecule has 4 nitrogen and oxygen atoms in total. The first kappa shape index (κ1) is 19.9. The van der Waals surface area contributed by atoms with Crippen LogP contribution in [0.4, 0.5) is 0 Å². The lowest BCUT2D eigenvalue weighted by molar-refractivity contribution is -0.123. The molecule has 0 unspecified atom stereocenters. The van der Waals surface area contributed by atoms with E-state index in [-0.39, 0.29) is 16.9 Å². The summed E-state index contributed by atoms with van der Waals surface area (Å²) in [6, 6.07) is 6.54. The van der Waals surface area contributed by atoms with E-state index < -0.39 is 21.8 Å². The molecule has 1 atom stereocenters. The van der Waals surface area contributed by atoms with Crippen LogP contribution in [0.2, 0.25) is 0 Å². The smallest absolute Gasteiger partial charge is 0.297 e. The Kier molecular flexibility index (Phi) is 6.18. The van der Waals surface area contributed by atoms with Crippen LogP contribution in [-0.4, -0.2) is 26.7 Å². The lowest BCUT2D eigenvalue weighted by Gasteiger charge is -2.40. The van der Waals surface area contributed by atoms with Crippen LogP contribution in [0, 0.1) is 12.3 Å². The minimum atomic E-state index is -3.80. The van der Waals surface area contributed by atoms with Crippen LogP contribution in [0.25, 0.3) is 0 Å².